The molecule has 0 amide bonds. The molecule has 2 aromatic rings. The molecule has 0 radical (unpaired) electrons. The molecule has 0 bridgehead atoms. The fourth-order valence-corrected chi connectivity index (χ4v) is 1.68. The van der Waals surface area contributed by atoms with Crippen LogP contribution >= 0.6 is 0 Å². The molecule has 2 rings (SSSR count). The first-order valence-electron chi connectivity index (χ1n) is 6.47. The third-order valence-corrected chi connectivity index (χ3v) is 3.03. The van der Waals surface area contributed by atoms with Gasteiger partial charge in [-0.15, -0.1) is 0 Å². The minimum atomic E-state index is -0.457. The van der Waals surface area contributed by atoms with Crippen molar-refractivity contribution in [3.8, 4) is 11.4 Å². The first-order chi connectivity index (χ1) is 9.93. The standard InChI is InChI=1S/C13H17FN4O3/c1-8(6-19)7-21-12-5-10(14)9(2)4-11(12)18-13(20)17(3)15-16-18/h4-5,8,19H,6-7H2,1-3H3/t8-/m1/s1. The van der Waals surface area contributed by atoms with Crippen LogP contribution < -0.4 is 10.4 Å². The lowest BCUT2D eigenvalue weighted by molar-refractivity contribution is 0.174. The zero-order valence-corrected chi connectivity index (χ0v) is 12.1. The highest BCUT2D eigenvalue weighted by Gasteiger charge is 2.16. The molecule has 1 N–H and O–H groups in total. The molecule has 1 aromatic carbocycles. The Labute approximate surface area is 120 Å². The molecule has 0 aliphatic carbocycles. The largest absolute Gasteiger partial charge is 0.491 e. The lowest BCUT2D eigenvalue weighted by atomic mass is 10.2. The van der Waals surface area contributed by atoms with E-state index in [1.807, 2.05) is 0 Å². The lowest BCUT2D eigenvalue weighted by Gasteiger charge is -2.14. The van der Waals surface area contributed by atoms with Gasteiger partial charge in [0.05, 0.1) is 6.61 Å². The van der Waals surface area contributed by atoms with Gasteiger partial charge in [0.1, 0.15) is 17.3 Å². The van der Waals surface area contributed by atoms with Gasteiger partial charge in [-0.3, -0.25) is 0 Å². The molecule has 0 saturated carbocycles. The molecule has 0 unspecified atom stereocenters. The zero-order chi connectivity index (χ0) is 15.6. The Balaban J connectivity index is 2.46. The van der Waals surface area contributed by atoms with Crippen molar-refractivity contribution in [2.75, 3.05) is 13.2 Å². The van der Waals surface area contributed by atoms with E-state index in [9.17, 15) is 9.18 Å². The van der Waals surface area contributed by atoms with Crippen molar-refractivity contribution in [2.24, 2.45) is 13.0 Å². The van der Waals surface area contributed by atoms with Crippen molar-refractivity contribution in [1.82, 2.24) is 19.8 Å². The Morgan fingerprint density at radius 3 is 2.71 bits per heavy atom. The molecule has 21 heavy (non-hydrogen) atoms. The van der Waals surface area contributed by atoms with Gasteiger partial charge in [-0.25, -0.2) is 9.18 Å². The Hall–Kier alpha value is -2.22. The fraction of sp³-hybridized carbons (Fsp3) is 0.462. The van der Waals surface area contributed by atoms with Gasteiger partial charge in [0.25, 0.3) is 0 Å². The maximum absolute atomic E-state index is 13.7. The van der Waals surface area contributed by atoms with E-state index >= 15 is 0 Å². The molecule has 0 aliphatic heterocycles. The van der Waals surface area contributed by atoms with Gasteiger partial charge >= 0.3 is 5.69 Å². The molecular weight excluding hydrogens is 279 g/mol. The fourth-order valence-electron chi connectivity index (χ4n) is 1.68. The number of hydrogen-bond donors (Lipinski definition) is 1. The number of hydrogen-bond acceptors (Lipinski definition) is 5. The Bertz CT molecular complexity index is 695. The number of tetrazole rings is 1. The predicted octanol–water partition coefficient (Wildman–Crippen LogP) is 0.421. The van der Waals surface area contributed by atoms with Crippen LogP contribution in [-0.4, -0.2) is 38.1 Å². The number of halogens is 1. The van der Waals surface area contributed by atoms with Crippen molar-refractivity contribution in [1.29, 1.82) is 0 Å². The van der Waals surface area contributed by atoms with Crippen LogP contribution in [0.2, 0.25) is 0 Å². The number of rotatable bonds is 5. The summed E-state index contributed by atoms with van der Waals surface area (Å²) in [5.41, 5.74) is 0.225. The number of aliphatic hydroxyl groups is 1. The maximum atomic E-state index is 13.7. The highest BCUT2D eigenvalue weighted by molar-refractivity contribution is 5.48. The van der Waals surface area contributed by atoms with Crippen molar-refractivity contribution in [2.45, 2.75) is 13.8 Å². The number of ether oxygens (including phenoxy) is 1. The molecule has 114 valence electrons. The number of aryl methyl sites for hydroxylation is 2. The zero-order valence-electron chi connectivity index (χ0n) is 12.1. The summed E-state index contributed by atoms with van der Waals surface area (Å²) in [7, 11) is 1.47. The summed E-state index contributed by atoms with van der Waals surface area (Å²) in [5, 5.41) is 16.4. The number of aliphatic hydroxyl groups excluding tert-OH is 1. The second kappa shape index (κ2) is 6.04. The Kier molecular flexibility index (Phi) is 4.37. The third kappa shape index (κ3) is 3.10. The van der Waals surface area contributed by atoms with Crippen LogP contribution in [0, 0.1) is 18.7 Å². The summed E-state index contributed by atoms with van der Waals surface area (Å²) < 4.78 is 21.4. The SMILES string of the molecule is Cc1cc(-n2nnn(C)c2=O)c(OC[C@H](C)CO)cc1F. The van der Waals surface area contributed by atoms with Gasteiger partial charge in [-0.05, 0) is 29.0 Å². The average molecular weight is 296 g/mol. The molecule has 0 saturated heterocycles. The number of aromatic nitrogens is 4. The van der Waals surface area contributed by atoms with Crippen molar-refractivity contribution >= 4 is 0 Å². The summed E-state index contributed by atoms with van der Waals surface area (Å²) in [6, 6.07) is 2.68. The summed E-state index contributed by atoms with van der Waals surface area (Å²) in [4.78, 5) is 11.9. The van der Waals surface area contributed by atoms with Gasteiger partial charge in [0, 0.05) is 25.6 Å². The second-order valence-electron chi connectivity index (χ2n) is 4.96. The molecule has 0 aliphatic rings. The highest BCUT2D eigenvalue weighted by Crippen LogP contribution is 2.25. The highest BCUT2D eigenvalue weighted by atomic mass is 19.1. The smallest absolute Gasteiger partial charge is 0.368 e. The second-order valence-corrected chi connectivity index (χ2v) is 4.96. The van der Waals surface area contributed by atoms with E-state index in [0.29, 0.717) is 11.3 Å². The topological polar surface area (TPSA) is 82.2 Å². The normalized spacial score (nSPS) is 12.4. The van der Waals surface area contributed by atoms with Crippen molar-refractivity contribution < 1.29 is 14.2 Å². The van der Waals surface area contributed by atoms with Gasteiger partial charge in [0.2, 0.25) is 0 Å². The Morgan fingerprint density at radius 2 is 2.14 bits per heavy atom. The van der Waals surface area contributed by atoms with E-state index in [2.05, 4.69) is 10.4 Å². The van der Waals surface area contributed by atoms with Gasteiger partial charge in [0.15, 0.2) is 0 Å². The first kappa shape index (κ1) is 15.2. The van der Waals surface area contributed by atoms with E-state index in [-0.39, 0.29) is 24.9 Å². The molecule has 0 fully saturated rings. The van der Waals surface area contributed by atoms with E-state index in [1.54, 1.807) is 13.8 Å². The summed E-state index contributed by atoms with van der Waals surface area (Å²) in [5.74, 6) is -0.371. The minimum Gasteiger partial charge on any atom is -0.491 e. The van der Waals surface area contributed by atoms with Crippen LogP contribution in [0.25, 0.3) is 5.69 Å². The average Bonchev–Trinajstić information content (AvgIpc) is 2.79. The molecule has 8 heteroatoms. The molecule has 1 atom stereocenters. The third-order valence-electron chi connectivity index (χ3n) is 3.03. The minimum absolute atomic E-state index is 0.0469. The molecular formula is C13H17FN4O3. The van der Waals surface area contributed by atoms with E-state index in [4.69, 9.17) is 9.84 Å². The van der Waals surface area contributed by atoms with Crippen LogP contribution in [0.5, 0.6) is 5.75 Å². The van der Waals surface area contributed by atoms with Gasteiger partial charge in [-0.1, -0.05) is 6.92 Å². The quantitative estimate of drug-likeness (QED) is 0.864. The predicted molar refractivity (Wildman–Crippen MR) is 73.0 cm³/mol. The molecule has 1 aromatic heterocycles. The molecule has 0 spiro atoms. The Morgan fingerprint density at radius 1 is 1.43 bits per heavy atom. The number of nitrogens with zero attached hydrogens (tertiary/aromatic N) is 4. The monoisotopic (exact) mass is 296 g/mol. The molecule has 7 nitrogen and oxygen atoms in total. The summed E-state index contributed by atoms with van der Waals surface area (Å²) in [6.45, 7) is 3.52. The van der Waals surface area contributed by atoms with E-state index in [1.165, 1.54) is 19.2 Å². The van der Waals surface area contributed by atoms with Gasteiger partial charge < -0.3 is 9.84 Å². The lowest BCUT2D eigenvalue weighted by Crippen LogP contribution is -2.23. The van der Waals surface area contributed by atoms with Crippen LogP contribution in [0.1, 0.15) is 12.5 Å². The van der Waals surface area contributed by atoms with Crippen molar-refractivity contribution in [3.63, 3.8) is 0 Å². The van der Waals surface area contributed by atoms with Crippen LogP contribution in [-0.2, 0) is 7.05 Å². The van der Waals surface area contributed by atoms with E-state index in [0.717, 1.165) is 9.36 Å². The first-order valence-corrected chi connectivity index (χ1v) is 6.47. The summed E-state index contributed by atoms with van der Waals surface area (Å²) >= 11 is 0. The van der Waals surface area contributed by atoms with Crippen molar-refractivity contribution in [3.05, 3.63) is 34.0 Å². The van der Waals surface area contributed by atoms with Crippen LogP contribution in [0.4, 0.5) is 4.39 Å². The number of benzene rings is 1. The van der Waals surface area contributed by atoms with E-state index < -0.39 is 11.5 Å². The van der Waals surface area contributed by atoms with Gasteiger partial charge in [-0.2, -0.15) is 9.36 Å². The summed E-state index contributed by atoms with van der Waals surface area (Å²) in [6.07, 6.45) is 0. The maximum Gasteiger partial charge on any atom is 0.368 e. The molecule has 1 heterocycles. The van der Waals surface area contributed by atoms with Crippen LogP contribution in [0.15, 0.2) is 16.9 Å². The van der Waals surface area contributed by atoms with Crippen LogP contribution in [0.3, 0.4) is 0 Å².